The quantitative estimate of drug-likeness (QED) is 0.405. The second-order valence-corrected chi connectivity index (χ2v) is 8.43. The van der Waals surface area contributed by atoms with E-state index in [4.69, 9.17) is 4.74 Å². The lowest BCUT2D eigenvalue weighted by Gasteiger charge is -2.43. The number of carboxylic acids is 3. The number of hydrogen-bond acceptors (Lipinski definition) is 7. The number of carboxylic acid groups (broad SMARTS) is 3. The predicted molar refractivity (Wildman–Crippen MR) is 115 cm³/mol. The van der Waals surface area contributed by atoms with Gasteiger partial charge in [0.2, 0.25) is 0 Å². The summed E-state index contributed by atoms with van der Waals surface area (Å²) in [5.41, 5.74) is 1.61. The molecule has 10 nitrogen and oxygen atoms in total. The summed E-state index contributed by atoms with van der Waals surface area (Å²) in [5, 5.41) is 28.1. The van der Waals surface area contributed by atoms with Crippen molar-refractivity contribution in [3.8, 4) is 0 Å². The summed E-state index contributed by atoms with van der Waals surface area (Å²) < 4.78 is 5.64. The van der Waals surface area contributed by atoms with Crippen molar-refractivity contribution in [3.05, 3.63) is 29.6 Å². The fourth-order valence-corrected chi connectivity index (χ4v) is 4.22. The molecular formula is C22H33N3O7. The maximum absolute atomic E-state index is 11.6. The summed E-state index contributed by atoms with van der Waals surface area (Å²) in [6.07, 6.45) is 4.69. The second kappa shape index (κ2) is 12.5. The molecule has 0 bridgehead atoms. The van der Waals surface area contributed by atoms with E-state index in [1.54, 1.807) is 11.1 Å². The van der Waals surface area contributed by atoms with E-state index < -0.39 is 31.0 Å². The van der Waals surface area contributed by atoms with Crippen molar-refractivity contribution < 1.29 is 34.4 Å². The average Bonchev–Trinajstić information content (AvgIpc) is 2.70. The number of aliphatic carboxylic acids is 3. The zero-order valence-corrected chi connectivity index (χ0v) is 18.6. The Kier molecular flexibility index (Phi) is 10.0. The summed E-state index contributed by atoms with van der Waals surface area (Å²) in [4.78, 5) is 42.0. The normalized spacial score (nSPS) is 18.9. The highest BCUT2D eigenvalue weighted by Crippen LogP contribution is 2.28. The number of rotatable bonds is 13. The molecule has 1 aromatic rings. The van der Waals surface area contributed by atoms with Gasteiger partial charge in [-0.25, -0.2) is 0 Å². The van der Waals surface area contributed by atoms with Crippen molar-refractivity contribution in [2.45, 2.75) is 70.9 Å². The van der Waals surface area contributed by atoms with Crippen LogP contribution in [0.25, 0.3) is 0 Å². The third-order valence-corrected chi connectivity index (χ3v) is 5.48. The van der Waals surface area contributed by atoms with Crippen LogP contribution in [0, 0.1) is 0 Å². The van der Waals surface area contributed by atoms with Crippen LogP contribution in [0.5, 0.6) is 0 Å². The summed E-state index contributed by atoms with van der Waals surface area (Å²) in [7, 11) is 0. The molecule has 1 unspecified atom stereocenters. The Labute approximate surface area is 187 Å². The van der Waals surface area contributed by atoms with Gasteiger partial charge < -0.3 is 20.1 Å². The molecule has 0 amide bonds. The van der Waals surface area contributed by atoms with Gasteiger partial charge in [0.05, 0.1) is 38.0 Å². The topological polar surface area (TPSA) is 140 Å². The van der Waals surface area contributed by atoms with E-state index in [2.05, 4.69) is 4.98 Å². The van der Waals surface area contributed by atoms with Crippen LogP contribution in [-0.2, 0) is 32.3 Å². The van der Waals surface area contributed by atoms with Crippen LogP contribution in [0.15, 0.2) is 18.3 Å². The van der Waals surface area contributed by atoms with Crippen molar-refractivity contribution >= 4 is 17.9 Å². The Morgan fingerprint density at radius 1 is 1.00 bits per heavy atom. The van der Waals surface area contributed by atoms with Crippen LogP contribution in [0.2, 0.25) is 0 Å². The Hall–Kier alpha value is -2.56. The summed E-state index contributed by atoms with van der Waals surface area (Å²) in [5.74, 6) is -3.23. The van der Waals surface area contributed by atoms with E-state index in [1.807, 2.05) is 26.0 Å². The van der Waals surface area contributed by atoms with Gasteiger partial charge >= 0.3 is 17.9 Å². The van der Waals surface area contributed by atoms with Crippen LogP contribution in [0.3, 0.4) is 0 Å². The first-order chi connectivity index (χ1) is 15.2. The van der Waals surface area contributed by atoms with Crippen molar-refractivity contribution in [2.24, 2.45) is 0 Å². The Bertz CT molecular complexity index is 771. The van der Waals surface area contributed by atoms with Gasteiger partial charge in [0.1, 0.15) is 0 Å². The summed E-state index contributed by atoms with van der Waals surface area (Å²) in [6, 6.07) is 3.05. The standard InChI is InChI=1S/C22H33N3O7/c1-15(2)32-14-16-7-8-23-17(9-16)10-24(11-20(26)27)18-5-3-4-6-19(18)25(12-21(28)29)13-22(30)31/h7-9,15,18-19H,3-6,10-14H2,1-2H3,(H,26,27)(H,28,29)(H,30,31)/t18-,19?/m0/s1. The van der Waals surface area contributed by atoms with Crippen molar-refractivity contribution in [2.75, 3.05) is 19.6 Å². The van der Waals surface area contributed by atoms with Gasteiger partial charge in [0, 0.05) is 24.8 Å². The van der Waals surface area contributed by atoms with E-state index in [0.717, 1.165) is 18.4 Å². The first kappa shape index (κ1) is 25.7. The first-order valence-electron chi connectivity index (χ1n) is 10.8. The summed E-state index contributed by atoms with van der Waals surface area (Å²) in [6.45, 7) is 3.51. The number of aromatic nitrogens is 1. The fourth-order valence-electron chi connectivity index (χ4n) is 4.22. The van der Waals surface area contributed by atoms with Crippen molar-refractivity contribution in [1.29, 1.82) is 0 Å². The number of pyridine rings is 1. The van der Waals surface area contributed by atoms with E-state index in [0.29, 0.717) is 25.1 Å². The molecule has 2 atom stereocenters. The molecule has 2 rings (SSSR count). The second-order valence-electron chi connectivity index (χ2n) is 8.43. The van der Waals surface area contributed by atoms with Crippen LogP contribution < -0.4 is 0 Å². The van der Waals surface area contributed by atoms with Crippen LogP contribution >= 0.6 is 0 Å². The maximum atomic E-state index is 11.6. The summed E-state index contributed by atoms with van der Waals surface area (Å²) >= 11 is 0. The first-order valence-corrected chi connectivity index (χ1v) is 10.8. The molecule has 0 aliphatic heterocycles. The number of hydrogen-bond donors (Lipinski definition) is 3. The third-order valence-electron chi connectivity index (χ3n) is 5.48. The van der Waals surface area contributed by atoms with Gasteiger partial charge in [0.15, 0.2) is 0 Å². The highest BCUT2D eigenvalue weighted by atomic mass is 16.5. The molecule has 0 radical (unpaired) electrons. The molecule has 0 saturated heterocycles. The molecule has 32 heavy (non-hydrogen) atoms. The van der Waals surface area contributed by atoms with E-state index in [-0.39, 0.29) is 31.3 Å². The molecule has 3 N–H and O–H groups in total. The Morgan fingerprint density at radius 2 is 1.53 bits per heavy atom. The van der Waals surface area contributed by atoms with Gasteiger partial charge in [-0.1, -0.05) is 12.8 Å². The molecule has 178 valence electrons. The minimum absolute atomic E-state index is 0.0765. The van der Waals surface area contributed by atoms with Gasteiger partial charge in [-0.05, 0) is 44.4 Å². The van der Waals surface area contributed by atoms with Crippen molar-refractivity contribution in [1.82, 2.24) is 14.8 Å². The zero-order chi connectivity index (χ0) is 23.7. The molecule has 1 heterocycles. The van der Waals surface area contributed by atoms with E-state index >= 15 is 0 Å². The monoisotopic (exact) mass is 451 g/mol. The lowest BCUT2D eigenvalue weighted by atomic mass is 9.87. The van der Waals surface area contributed by atoms with Gasteiger partial charge in [0.25, 0.3) is 0 Å². The zero-order valence-electron chi connectivity index (χ0n) is 18.6. The smallest absolute Gasteiger partial charge is 0.317 e. The largest absolute Gasteiger partial charge is 0.480 e. The third kappa shape index (κ3) is 8.52. The minimum atomic E-state index is -1.11. The van der Waals surface area contributed by atoms with Gasteiger partial charge in [-0.3, -0.25) is 29.2 Å². The maximum Gasteiger partial charge on any atom is 0.317 e. The van der Waals surface area contributed by atoms with Gasteiger partial charge in [-0.15, -0.1) is 0 Å². The van der Waals surface area contributed by atoms with Gasteiger partial charge in [-0.2, -0.15) is 0 Å². The molecule has 1 aromatic heterocycles. The predicted octanol–water partition coefficient (Wildman–Crippen LogP) is 1.68. The van der Waals surface area contributed by atoms with E-state index in [9.17, 15) is 29.7 Å². The fraction of sp³-hybridized carbons (Fsp3) is 0.636. The molecule has 1 aliphatic rings. The molecule has 0 aromatic carbocycles. The van der Waals surface area contributed by atoms with Crippen LogP contribution in [0.4, 0.5) is 0 Å². The van der Waals surface area contributed by atoms with Crippen LogP contribution in [0.1, 0.15) is 50.8 Å². The number of nitrogens with zero attached hydrogens (tertiary/aromatic N) is 3. The van der Waals surface area contributed by atoms with E-state index in [1.165, 1.54) is 4.90 Å². The lowest BCUT2D eigenvalue weighted by Crippen LogP contribution is -2.56. The van der Waals surface area contributed by atoms with Crippen molar-refractivity contribution in [3.63, 3.8) is 0 Å². The lowest BCUT2D eigenvalue weighted by molar-refractivity contribution is -0.146. The molecule has 10 heteroatoms. The molecular weight excluding hydrogens is 418 g/mol. The number of carbonyl (C=O) groups is 3. The molecule has 1 saturated carbocycles. The molecule has 1 fully saturated rings. The van der Waals surface area contributed by atoms with Crippen LogP contribution in [-0.4, -0.2) is 85.8 Å². The number of ether oxygens (including phenoxy) is 1. The highest BCUT2D eigenvalue weighted by molar-refractivity contribution is 5.72. The SMILES string of the molecule is CC(C)OCc1ccnc(CN(CC(=O)O)[C@H]2CCCCC2N(CC(=O)O)CC(=O)O)c1. The molecule has 1 aliphatic carbocycles. The highest BCUT2D eigenvalue weighted by Gasteiger charge is 2.36. The Morgan fingerprint density at radius 3 is 2.06 bits per heavy atom. The average molecular weight is 452 g/mol. The minimum Gasteiger partial charge on any atom is -0.480 e. The molecule has 0 spiro atoms. The Balaban J connectivity index is 2.26.